The van der Waals surface area contributed by atoms with Gasteiger partial charge in [-0.05, 0) is 52.2 Å². The molecule has 3 saturated carbocycles. The van der Waals surface area contributed by atoms with Crippen molar-refractivity contribution in [2.24, 2.45) is 41.1 Å². The lowest BCUT2D eigenvalue weighted by Crippen LogP contribution is -2.59. The van der Waals surface area contributed by atoms with Gasteiger partial charge in [-0.15, -0.1) is 0 Å². The highest BCUT2D eigenvalue weighted by molar-refractivity contribution is 5.80. The second-order valence-electron chi connectivity index (χ2n) is 9.01. The van der Waals surface area contributed by atoms with Gasteiger partial charge in [-0.3, -0.25) is 14.4 Å². The highest BCUT2D eigenvalue weighted by Gasteiger charge is 2.43. The Hall–Kier alpha value is -1.79. The molecule has 3 aliphatic rings. The van der Waals surface area contributed by atoms with Crippen LogP contribution in [0, 0.1) is 29.6 Å². The van der Waals surface area contributed by atoms with E-state index in [-0.39, 0.29) is 48.5 Å². The number of carboxylic acid groups (broad SMARTS) is 2. The molecule has 11 nitrogen and oxygen atoms in total. The Balaban J connectivity index is 0.000000241. The van der Waals surface area contributed by atoms with E-state index in [1.165, 1.54) is 0 Å². The van der Waals surface area contributed by atoms with Gasteiger partial charge < -0.3 is 42.9 Å². The molecule has 3 fully saturated rings. The van der Waals surface area contributed by atoms with Crippen molar-refractivity contribution in [3.05, 3.63) is 0 Å². The Bertz CT molecular complexity index is 602. The molecule has 0 aromatic heterocycles. The fourth-order valence-electron chi connectivity index (χ4n) is 4.80. The molecule has 186 valence electrons. The third-order valence-corrected chi connectivity index (χ3v) is 7.03. The summed E-state index contributed by atoms with van der Waals surface area (Å²) in [5.74, 6) is -0.996. The van der Waals surface area contributed by atoms with Crippen LogP contribution in [0.1, 0.15) is 33.1 Å². The van der Waals surface area contributed by atoms with E-state index < -0.39 is 11.9 Å². The van der Waals surface area contributed by atoms with Gasteiger partial charge in [-0.25, -0.2) is 0 Å². The van der Waals surface area contributed by atoms with E-state index in [0.29, 0.717) is 17.9 Å². The molecule has 0 aromatic rings. The molecule has 0 saturated heterocycles. The molecule has 11 heteroatoms. The zero-order chi connectivity index (χ0) is 24.6. The average Bonchev–Trinajstić information content (AvgIpc) is 2.67. The minimum Gasteiger partial charge on any atom is -0.481 e. The predicted molar refractivity (Wildman–Crippen MR) is 122 cm³/mol. The molecule has 0 radical (unpaired) electrons. The first-order chi connectivity index (χ1) is 15.0. The number of nitrogens with one attached hydrogen (secondary N) is 4. The third-order valence-electron chi connectivity index (χ3n) is 7.03. The fourth-order valence-corrected chi connectivity index (χ4v) is 4.80. The van der Waals surface area contributed by atoms with E-state index in [0.717, 1.165) is 19.3 Å². The first-order valence-corrected chi connectivity index (χ1v) is 11.2. The zero-order valence-electron chi connectivity index (χ0n) is 19.8. The molecule has 3 rings (SSSR count). The molecule has 9 unspecified atom stereocenters. The van der Waals surface area contributed by atoms with E-state index >= 15 is 0 Å². The molecular formula is C21H42N6O5. The molecule has 10 N–H and O–H groups in total. The van der Waals surface area contributed by atoms with Crippen molar-refractivity contribution in [3.63, 3.8) is 0 Å². The van der Waals surface area contributed by atoms with E-state index in [4.69, 9.17) is 21.7 Å². The van der Waals surface area contributed by atoms with Crippen molar-refractivity contribution >= 4 is 17.8 Å². The predicted octanol–water partition coefficient (Wildman–Crippen LogP) is -1.42. The molecule has 0 aliphatic heterocycles. The number of nitrogens with two attached hydrogens (primary N) is 2. The van der Waals surface area contributed by atoms with Crippen molar-refractivity contribution in [2.45, 2.75) is 57.3 Å². The highest BCUT2D eigenvalue weighted by atomic mass is 16.4. The summed E-state index contributed by atoms with van der Waals surface area (Å²) >= 11 is 0. The number of amides is 1. The Kier molecular flexibility index (Phi) is 11.5. The Morgan fingerprint density at radius 2 is 1.19 bits per heavy atom. The molecule has 0 bridgehead atoms. The van der Waals surface area contributed by atoms with Crippen LogP contribution in [0.3, 0.4) is 0 Å². The Labute approximate surface area is 190 Å². The van der Waals surface area contributed by atoms with E-state index in [2.05, 4.69) is 28.2 Å². The lowest BCUT2D eigenvalue weighted by Gasteiger charge is -2.41. The summed E-state index contributed by atoms with van der Waals surface area (Å²) in [7, 11) is 5.46. The minimum absolute atomic E-state index is 0.0764. The number of aliphatic carboxylic acids is 2. The SMILES string of the molecule is CNC1CC(C)C1C(=O)NCN.CNC1CC(C)C1C(=O)O.CNC1CC(N)C1C(=O)O. The van der Waals surface area contributed by atoms with Gasteiger partial charge in [0.25, 0.3) is 0 Å². The van der Waals surface area contributed by atoms with Crippen LogP contribution in [0.15, 0.2) is 0 Å². The van der Waals surface area contributed by atoms with E-state index in [9.17, 15) is 14.4 Å². The first kappa shape index (κ1) is 28.2. The normalized spacial score (nSPS) is 37.0. The number of hydrogen-bond acceptors (Lipinski definition) is 8. The summed E-state index contributed by atoms with van der Waals surface area (Å²) < 4.78 is 0. The van der Waals surface area contributed by atoms with Gasteiger partial charge in [-0.1, -0.05) is 13.8 Å². The molecular weight excluding hydrogens is 416 g/mol. The van der Waals surface area contributed by atoms with Crippen LogP contribution in [0.4, 0.5) is 0 Å². The van der Waals surface area contributed by atoms with Crippen LogP contribution in [0.2, 0.25) is 0 Å². The van der Waals surface area contributed by atoms with Gasteiger partial charge in [0, 0.05) is 24.2 Å². The second kappa shape index (κ2) is 13.0. The van der Waals surface area contributed by atoms with E-state index in [1.54, 1.807) is 7.05 Å². The topological polar surface area (TPSA) is 192 Å². The van der Waals surface area contributed by atoms with Gasteiger partial charge in [-0.2, -0.15) is 0 Å². The Morgan fingerprint density at radius 1 is 0.781 bits per heavy atom. The summed E-state index contributed by atoms with van der Waals surface area (Å²) in [4.78, 5) is 32.3. The lowest BCUT2D eigenvalue weighted by molar-refractivity contribution is -0.149. The Morgan fingerprint density at radius 3 is 1.44 bits per heavy atom. The largest absolute Gasteiger partial charge is 0.481 e. The maximum Gasteiger partial charge on any atom is 0.309 e. The maximum atomic E-state index is 11.4. The van der Waals surface area contributed by atoms with Crippen LogP contribution in [-0.2, 0) is 14.4 Å². The average molecular weight is 459 g/mol. The van der Waals surface area contributed by atoms with Gasteiger partial charge in [0.05, 0.1) is 24.4 Å². The minimum atomic E-state index is -0.793. The summed E-state index contributed by atoms with van der Waals surface area (Å²) in [6, 6.07) is 0.460. The van der Waals surface area contributed by atoms with Crippen molar-refractivity contribution in [1.29, 1.82) is 0 Å². The van der Waals surface area contributed by atoms with Crippen molar-refractivity contribution in [1.82, 2.24) is 21.3 Å². The summed E-state index contributed by atoms with van der Waals surface area (Å²) in [5.41, 5.74) is 10.7. The number of carboxylic acids is 2. The highest BCUT2D eigenvalue weighted by Crippen LogP contribution is 2.34. The third kappa shape index (κ3) is 6.85. The molecule has 32 heavy (non-hydrogen) atoms. The summed E-state index contributed by atoms with van der Waals surface area (Å²) in [5, 5.41) is 28.9. The first-order valence-electron chi connectivity index (χ1n) is 11.2. The van der Waals surface area contributed by atoms with Crippen molar-refractivity contribution < 1.29 is 24.6 Å². The van der Waals surface area contributed by atoms with Gasteiger partial charge in [0.1, 0.15) is 0 Å². The van der Waals surface area contributed by atoms with Crippen molar-refractivity contribution in [2.75, 3.05) is 27.8 Å². The number of carbonyl (C=O) groups is 3. The van der Waals surface area contributed by atoms with Crippen LogP contribution < -0.4 is 32.7 Å². The van der Waals surface area contributed by atoms with Gasteiger partial charge in [0.2, 0.25) is 5.91 Å². The maximum absolute atomic E-state index is 11.4. The molecule has 0 spiro atoms. The quantitative estimate of drug-likeness (QED) is 0.210. The molecule has 0 aromatic carbocycles. The molecule has 3 aliphatic carbocycles. The summed E-state index contributed by atoms with van der Waals surface area (Å²) in [6.07, 6.45) is 2.85. The second-order valence-corrected chi connectivity index (χ2v) is 9.01. The lowest BCUT2D eigenvalue weighted by atomic mass is 9.70. The monoisotopic (exact) mass is 458 g/mol. The molecule has 1 amide bonds. The van der Waals surface area contributed by atoms with Crippen molar-refractivity contribution in [3.8, 4) is 0 Å². The number of rotatable bonds is 7. The summed E-state index contributed by atoms with van der Waals surface area (Å²) in [6.45, 7) is 4.31. The van der Waals surface area contributed by atoms with Crippen LogP contribution in [0.5, 0.6) is 0 Å². The zero-order valence-corrected chi connectivity index (χ0v) is 19.8. The van der Waals surface area contributed by atoms with Gasteiger partial charge in [0.15, 0.2) is 0 Å². The number of carbonyl (C=O) groups excluding carboxylic acids is 1. The van der Waals surface area contributed by atoms with Crippen LogP contribution in [-0.4, -0.2) is 80.0 Å². The van der Waals surface area contributed by atoms with Gasteiger partial charge >= 0.3 is 11.9 Å². The molecule has 0 heterocycles. The fraction of sp³-hybridized carbons (Fsp3) is 0.857. The smallest absolute Gasteiger partial charge is 0.309 e. The van der Waals surface area contributed by atoms with Crippen LogP contribution in [0.25, 0.3) is 0 Å². The standard InChI is InChI=1S/C8H17N3O.C7H13NO2.C6H12N2O2/c1-5-3-6(10-2)7(5)8(12)11-4-9;1-4-3-5(8-2)6(4)7(9)10;1-8-4-2-3(7)5(4)6(9)10/h5-7,10H,3-4,9H2,1-2H3,(H,11,12);4-6,8H,3H2,1-2H3,(H,9,10);3-5,8H,2,7H2,1H3,(H,9,10). The molecule has 9 atom stereocenters. The number of hydrogen-bond donors (Lipinski definition) is 8. The van der Waals surface area contributed by atoms with E-state index in [1.807, 2.05) is 21.0 Å². The van der Waals surface area contributed by atoms with Crippen LogP contribution >= 0.6 is 0 Å².